The van der Waals surface area contributed by atoms with Crippen LogP contribution in [-0.2, 0) is 30.3 Å². The van der Waals surface area contributed by atoms with Crippen molar-refractivity contribution in [3.8, 4) is 11.5 Å². The largest absolute Gasteiger partial charge is 0.493 e. The molecule has 0 fully saturated rings. The van der Waals surface area contributed by atoms with E-state index in [1.54, 1.807) is 32.0 Å². The molecule has 0 aromatic heterocycles. The number of aliphatic hydroxyl groups is 1. The Kier molecular flexibility index (Phi) is 14.6. The van der Waals surface area contributed by atoms with E-state index in [2.05, 4.69) is 16.0 Å². The first-order chi connectivity index (χ1) is 23.4. The van der Waals surface area contributed by atoms with Gasteiger partial charge in [0, 0.05) is 53.8 Å². The molecule has 1 aliphatic heterocycles. The topological polar surface area (TPSA) is 188 Å². The highest BCUT2D eigenvalue weighted by molar-refractivity contribution is 6.00. The Labute approximate surface area is 286 Å². The van der Waals surface area contributed by atoms with Gasteiger partial charge in [-0.1, -0.05) is 32.0 Å². The average molecular weight is 683 g/mol. The number of ether oxygens (including phenoxy) is 4. The van der Waals surface area contributed by atoms with Gasteiger partial charge in [0.1, 0.15) is 24.2 Å². The SMILES string of the molecule is COC(=O)C1=C(C)NC(C)=C(C(=O)OC)C1c1cc([N+](=O)[O-])ccc1OCCCCNC(=O)Cc1ccccc1OCC(O)CNC(C)C. The summed E-state index contributed by atoms with van der Waals surface area (Å²) in [5.74, 6) is -1.93. The molecule has 1 heterocycles. The molecule has 0 spiro atoms. The molecule has 0 saturated carbocycles. The number of unbranched alkanes of at least 4 members (excludes halogenated alkanes) is 1. The minimum absolute atomic E-state index is 0.0895. The van der Waals surface area contributed by atoms with Crippen LogP contribution >= 0.6 is 0 Å². The maximum absolute atomic E-state index is 13.0. The maximum Gasteiger partial charge on any atom is 0.336 e. The minimum atomic E-state index is -1.07. The Balaban J connectivity index is 1.65. The van der Waals surface area contributed by atoms with E-state index < -0.39 is 28.9 Å². The van der Waals surface area contributed by atoms with E-state index in [1.165, 1.54) is 32.4 Å². The lowest BCUT2D eigenvalue weighted by molar-refractivity contribution is -0.384. The Morgan fingerprint density at radius 2 is 1.61 bits per heavy atom. The summed E-state index contributed by atoms with van der Waals surface area (Å²) >= 11 is 0. The van der Waals surface area contributed by atoms with Gasteiger partial charge in [-0.3, -0.25) is 14.9 Å². The molecule has 4 N–H and O–H groups in total. The van der Waals surface area contributed by atoms with Crippen LogP contribution < -0.4 is 25.4 Å². The van der Waals surface area contributed by atoms with Crippen molar-refractivity contribution in [2.45, 2.75) is 65.0 Å². The molecule has 14 heteroatoms. The zero-order valence-electron chi connectivity index (χ0n) is 28.8. The first-order valence-corrected chi connectivity index (χ1v) is 16.0. The summed E-state index contributed by atoms with van der Waals surface area (Å²) in [7, 11) is 2.41. The van der Waals surface area contributed by atoms with Crippen LogP contribution in [0.4, 0.5) is 5.69 Å². The number of hydrogen-bond acceptors (Lipinski definition) is 12. The fourth-order valence-corrected chi connectivity index (χ4v) is 5.35. The number of nitrogens with zero attached hydrogens (tertiary/aromatic N) is 1. The lowest BCUT2D eigenvalue weighted by atomic mass is 9.80. The summed E-state index contributed by atoms with van der Waals surface area (Å²) in [6.45, 7) is 8.30. The number of hydrogen-bond donors (Lipinski definition) is 4. The number of benzene rings is 2. The lowest BCUT2D eigenvalue weighted by Crippen LogP contribution is -2.35. The van der Waals surface area contributed by atoms with E-state index in [1.807, 2.05) is 19.9 Å². The fourth-order valence-electron chi connectivity index (χ4n) is 5.35. The third-order valence-corrected chi connectivity index (χ3v) is 7.75. The van der Waals surface area contributed by atoms with Gasteiger partial charge in [0.15, 0.2) is 0 Å². The number of para-hydroxylation sites is 1. The van der Waals surface area contributed by atoms with Crippen LogP contribution in [0.3, 0.4) is 0 Å². The van der Waals surface area contributed by atoms with E-state index in [0.29, 0.717) is 48.6 Å². The number of carbonyl (C=O) groups is 3. The Morgan fingerprint density at radius 1 is 0.959 bits per heavy atom. The molecule has 0 aliphatic carbocycles. The molecule has 1 aliphatic rings. The van der Waals surface area contributed by atoms with Gasteiger partial charge in [-0.15, -0.1) is 0 Å². The molecule has 266 valence electrons. The smallest absolute Gasteiger partial charge is 0.336 e. The second-order valence-electron chi connectivity index (χ2n) is 11.8. The molecular formula is C35H46N4O10. The van der Waals surface area contributed by atoms with Crippen molar-refractivity contribution in [2.24, 2.45) is 0 Å². The number of esters is 2. The first-order valence-electron chi connectivity index (χ1n) is 16.0. The molecule has 2 aromatic rings. The summed E-state index contributed by atoms with van der Waals surface area (Å²) in [5, 5.41) is 31.0. The van der Waals surface area contributed by atoms with Gasteiger partial charge in [-0.05, 0) is 38.8 Å². The molecule has 0 radical (unpaired) electrons. The molecule has 1 unspecified atom stereocenters. The van der Waals surface area contributed by atoms with Crippen LogP contribution in [0.2, 0.25) is 0 Å². The highest BCUT2D eigenvalue weighted by atomic mass is 16.6. The van der Waals surface area contributed by atoms with Crippen molar-refractivity contribution in [3.63, 3.8) is 0 Å². The molecule has 49 heavy (non-hydrogen) atoms. The van der Waals surface area contributed by atoms with Gasteiger partial charge in [0.25, 0.3) is 5.69 Å². The van der Waals surface area contributed by atoms with E-state index in [-0.39, 0.29) is 59.7 Å². The van der Waals surface area contributed by atoms with Crippen molar-refractivity contribution < 1.29 is 43.4 Å². The van der Waals surface area contributed by atoms with Crippen LogP contribution in [-0.4, -0.2) is 80.5 Å². The molecule has 3 rings (SSSR count). The number of methoxy groups -OCH3 is 2. The number of nitrogens with one attached hydrogen (secondary N) is 3. The van der Waals surface area contributed by atoms with Crippen LogP contribution in [0.25, 0.3) is 0 Å². The van der Waals surface area contributed by atoms with E-state index in [4.69, 9.17) is 18.9 Å². The lowest BCUT2D eigenvalue weighted by Gasteiger charge is -2.30. The van der Waals surface area contributed by atoms with Crippen molar-refractivity contribution in [3.05, 3.63) is 86.2 Å². The summed E-state index contributed by atoms with van der Waals surface area (Å²) in [6, 6.07) is 11.4. The van der Waals surface area contributed by atoms with E-state index >= 15 is 0 Å². The molecule has 1 amide bonds. The van der Waals surface area contributed by atoms with Gasteiger partial charge >= 0.3 is 11.9 Å². The van der Waals surface area contributed by atoms with Crippen LogP contribution in [0.15, 0.2) is 65.0 Å². The summed E-state index contributed by atoms with van der Waals surface area (Å²) in [6.07, 6.45) is 0.482. The summed E-state index contributed by atoms with van der Waals surface area (Å²) in [5.41, 5.74) is 1.69. The predicted octanol–water partition coefficient (Wildman–Crippen LogP) is 3.43. The normalized spacial score (nSPS) is 13.9. The monoisotopic (exact) mass is 682 g/mol. The van der Waals surface area contributed by atoms with Gasteiger partial charge in [0.2, 0.25) is 5.91 Å². The quantitative estimate of drug-likeness (QED) is 0.0778. The van der Waals surface area contributed by atoms with E-state index in [0.717, 1.165) is 0 Å². The van der Waals surface area contributed by atoms with Crippen molar-refractivity contribution in [1.29, 1.82) is 0 Å². The molecule has 0 bridgehead atoms. The number of nitro groups is 1. The third kappa shape index (κ3) is 10.8. The summed E-state index contributed by atoms with van der Waals surface area (Å²) in [4.78, 5) is 49.8. The number of non-ortho nitro benzene ring substituents is 1. The molecular weight excluding hydrogens is 636 g/mol. The van der Waals surface area contributed by atoms with Gasteiger partial charge in [-0.2, -0.15) is 0 Å². The van der Waals surface area contributed by atoms with Crippen LogP contribution in [0, 0.1) is 10.1 Å². The molecule has 2 aromatic carbocycles. The number of nitro benzene ring substituents is 1. The molecule has 1 atom stereocenters. The second-order valence-corrected chi connectivity index (χ2v) is 11.8. The second kappa shape index (κ2) is 18.6. The van der Waals surface area contributed by atoms with Gasteiger partial charge in [0.05, 0.1) is 49.2 Å². The zero-order chi connectivity index (χ0) is 36.1. The highest BCUT2D eigenvalue weighted by Gasteiger charge is 2.39. The highest BCUT2D eigenvalue weighted by Crippen LogP contribution is 2.44. The van der Waals surface area contributed by atoms with Crippen molar-refractivity contribution in [1.82, 2.24) is 16.0 Å². The Bertz CT molecular complexity index is 1530. The Hall–Kier alpha value is -4.95. The number of amides is 1. The fraction of sp³-hybridized carbons (Fsp3) is 0.457. The third-order valence-electron chi connectivity index (χ3n) is 7.75. The average Bonchev–Trinajstić information content (AvgIpc) is 3.07. The van der Waals surface area contributed by atoms with Crippen molar-refractivity contribution >= 4 is 23.5 Å². The van der Waals surface area contributed by atoms with Crippen LogP contribution in [0.5, 0.6) is 11.5 Å². The van der Waals surface area contributed by atoms with Gasteiger partial charge in [-0.25, -0.2) is 9.59 Å². The minimum Gasteiger partial charge on any atom is -0.493 e. The maximum atomic E-state index is 13.0. The summed E-state index contributed by atoms with van der Waals surface area (Å²) < 4.78 is 21.9. The number of dihydropyridines is 1. The van der Waals surface area contributed by atoms with Crippen LogP contribution in [0.1, 0.15) is 57.6 Å². The zero-order valence-corrected chi connectivity index (χ0v) is 28.8. The van der Waals surface area contributed by atoms with Crippen molar-refractivity contribution in [2.75, 3.05) is 40.5 Å². The standard InChI is InChI=1S/C35H46N4O10/c1-21(2)37-19-26(40)20-49-28-12-8-7-11-24(28)17-30(41)36-15-9-10-16-48-29-14-13-25(39(44)45)18-27(29)33-31(34(42)46-5)22(3)38-23(4)32(33)35(43)47-6/h7-8,11-14,18,21,26,33,37-38,40H,9-10,15-17,19-20H2,1-6H3,(H,36,41). The number of aliphatic hydroxyl groups excluding tert-OH is 1. The first kappa shape index (κ1) is 38.5. The predicted molar refractivity (Wildman–Crippen MR) is 181 cm³/mol. The molecule has 14 nitrogen and oxygen atoms in total. The molecule has 0 saturated heterocycles. The number of carbonyl (C=O) groups excluding carboxylic acids is 3. The van der Waals surface area contributed by atoms with E-state index in [9.17, 15) is 29.6 Å². The van der Waals surface area contributed by atoms with Gasteiger partial charge < -0.3 is 40.0 Å². The Morgan fingerprint density at radius 3 is 2.22 bits per heavy atom. The number of rotatable bonds is 18. The number of allylic oxidation sites excluding steroid dienone is 2.